The molecule has 0 fully saturated rings. The molecule has 0 radical (unpaired) electrons. The number of hydrogen-bond donors (Lipinski definition) is 3. The first-order valence-electron chi connectivity index (χ1n) is 5.30. The van der Waals surface area contributed by atoms with Crippen molar-refractivity contribution in [2.75, 3.05) is 6.54 Å². The maximum Gasteiger partial charge on any atom is 0.157 e. The van der Waals surface area contributed by atoms with Gasteiger partial charge in [-0.05, 0) is 23.1 Å². The Kier molecular flexibility index (Phi) is 3.96. The summed E-state index contributed by atoms with van der Waals surface area (Å²) in [5.41, 5.74) is 0.994. The average molecular weight is 221 g/mol. The lowest BCUT2D eigenvalue weighted by atomic mass is 9.94. The van der Waals surface area contributed by atoms with Gasteiger partial charge in [0.25, 0.3) is 0 Å². The first kappa shape index (κ1) is 12.6. The molecular weight excluding hydrogens is 202 g/mol. The fraction of sp³-hybridized carbons (Fsp3) is 0.385. The Morgan fingerprint density at radius 1 is 1.31 bits per heavy atom. The monoisotopic (exact) mass is 221 g/mol. The van der Waals surface area contributed by atoms with E-state index in [9.17, 15) is 5.11 Å². The Balaban J connectivity index is 2.49. The standard InChI is InChI=1S/C13H19NO2/c1-4-13(2,3)9-14-8-10-5-6-11(15)12(16)7-10/h4-7,14-16H,1,8-9H2,2-3H3. The molecule has 3 nitrogen and oxygen atoms in total. The van der Waals surface area contributed by atoms with Gasteiger partial charge in [0.05, 0.1) is 0 Å². The summed E-state index contributed by atoms with van der Waals surface area (Å²) in [5.74, 6) is -0.169. The van der Waals surface area contributed by atoms with Crippen molar-refractivity contribution in [2.45, 2.75) is 20.4 Å². The SMILES string of the molecule is C=CC(C)(C)CNCc1ccc(O)c(O)c1. The molecule has 1 aromatic carbocycles. The molecule has 0 spiro atoms. The van der Waals surface area contributed by atoms with Crippen molar-refractivity contribution >= 4 is 0 Å². The highest BCUT2D eigenvalue weighted by atomic mass is 16.3. The van der Waals surface area contributed by atoms with Crippen LogP contribution in [0.25, 0.3) is 0 Å². The predicted octanol–water partition coefficient (Wildman–Crippen LogP) is 2.40. The van der Waals surface area contributed by atoms with Gasteiger partial charge < -0.3 is 15.5 Å². The van der Waals surface area contributed by atoms with Crippen LogP contribution in [0.4, 0.5) is 0 Å². The van der Waals surface area contributed by atoms with Crippen LogP contribution < -0.4 is 5.32 Å². The Hall–Kier alpha value is -1.48. The second-order valence-corrected chi connectivity index (χ2v) is 4.62. The molecule has 3 heteroatoms. The van der Waals surface area contributed by atoms with E-state index in [0.29, 0.717) is 6.54 Å². The van der Waals surface area contributed by atoms with E-state index in [4.69, 9.17) is 5.11 Å². The van der Waals surface area contributed by atoms with Crippen LogP contribution >= 0.6 is 0 Å². The largest absolute Gasteiger partial charge is 0.504 e. The Morgan fingerprint density at radius 3 is 2.56 bits per heavy atom. The van der Waals surface area contributed by atoms with Crippen molar-refractivity contribution in [1.82, 2.24) is 5.32 Å². The zero-order valence-electron chi connectivity index (χ0n) is 9.83. The fourth-order valence-electron chi connectivity index (χ4n) is 1.28. The third-order valence-corrected chi connectivity index (χ3v) is 2.50. The molecule has 1 rings (SSSR count). The summed E-state index contributed by atoms with van der Waals surface area (Å²) in [5, 5.41) is 21.7. The second kappa shape index (κ2) is 5.03. The average Bonchev–Trinajstić information content (AvgIpc) is 2.23. The van der Waals surface area contributed by atoms with Gasteiger partial charge >= 0.3 is 0 Å². The highest BCUT2D eigenvalue weighted by Gasteiger charge is 2.11. The molecule has 0 atom stereocenters. The maximum atomic E-state index is 9.31. The van der Waals surface area contributed by atoms with Crippen molar-refractivity contribution in [1.29, 1.82) is 0 Å². The molecule has 0 unspecified atom stereocenters. The number of rotatable bonds is 5. The molecule has 0 aliphatic carbocycles. The van der Waals surface area contributed by atoms with Gasteiger partial charge in [0.15, 0.2) is 11.5 Å². The molecule has 0 saturated heterocycles. The van der Waals surface area contributed by atoms with Crippen molar-refractivity contribution in [3.63, 3.8) is 0 Å². The summed E-state index contributed by atoms with van der Waals surface area (Å²) in [6, 6.07) is 4.83. The smallest absolute Gasteiger partial charge is 0.157 e. The number of hydrogen-bond acceptors (Lipinski definition) is 3. The second-order valence-electron chi connectivity index (χ2n) is 4.62. The molecule has 3 N–H and O–H groups in total. The van der Waals surface area contributed by atoms with E-state index >= 15 is 0 Å². The van der Waals surface area contributed by atoms with Crippen molar-refractivity contribution in [3.05, 3.63) is 36.4 Å². The quantitative estimate of drug-likeness (QED) is 0.528. The number of phenolic OH excluding ortho intramolecular Hbond substituents is 2. The summed E-state index contributed by atoms with van der Waals surface area (Å²) >= 11 is 0. The normalized spacial score (nSPS) is 11.4. The molecule has 88 valence electrons. The minimum Gasteiger partial charge on any atom is -0.504 e. The highest BCUT2D eigenvalue weighted by Crippen LogP contribution is 2.24. The molecule has 0 amide bonds. The molecule has 16 heavy (non-hydrogen) atoms. The van der Waals surface area contributed by atoms with E-state index in [-0.39, 0.29) is 16.9 Å². The Bertz CT molecular complexity index is 372. The molecular formula is C13H19NO2. The van der Waals surface area contributed by atoms with Crippen molar-refractivity contribution in [3.8, 4) is 11.5 Å². The van der Waals surface area contributed by atoms with Crippen LogP contribution in [0.2, 0.25) is 0 Å². The third-order valence-electron chi connectivity index (χ3n) is 2.50. The van der Waals surface area contributed by atoms with Gasteiger partial charge in [-0.15, -0.1) is 6.58 Å². The lowest BCUT2D eigenvalue weighted by Crippen LogP contribution is -2.27. The van der Waals surface area contributed by atoms with Crippen LogP contribution in [-0.4, -0.2) is 16.8 Å². The van der Waals surface area contributed by atoms with Crippen LogP contribution in [0.15, 0.2) is 30.9 Å². The summed E-state index contributed by atoms with van der Waals surface area (Å²) in [6.45, 7) is 9.44. The molecule has 1 aromatic rings. The van der Waals surface area contributed by atoms with Gasteiger partial charge in [-0.2, -0.15) is 0 Å². The predicted molar refractivity (Wildman–Crippen MR) is 65.5 cm³/mol. The van der Waals surface area contributed by atoms with Gasteiger partial charge in [-0.25, -0.2) is 0 Å². The lowest BCUT2D eigenvalue weighted by molar-refractivity contribution is 0.402. The summed E-state index contributed by atoms with van der Waals surface area (Å²) in [4.78, 5) is 0. The first-order valence-corrected chi connectivity index (χ1v) is 5.30. The molecule has 0 aliphatic rings. The van der Waals surface area contributed by atoms with Gasteiger partial charge in [0, 0.05) is 13.1 Å². The molecule has 0 aliphatic heterocycles. The van der Waals surface area contributed by atoms with Gasteiger partial charge in [-0.1, -0.05) is 26.0 Å². The maximum absolute atomic E-state index is 9.31. The van der Waals surface area contributed by atoms with Crippen LogP contribution in [0.1, 0.15) is 19.4 Å². The molecule has 0 saturated carbocycles. The zero-order chi connectivity index (χ0) is 12.2. The van der Waals surface area contributed by atoms with Crippen molar-refractivity contribution < 1.29 is 10.2 Å². The van der Waals surface area contributed by atoms with Crippen LogP contribution in [0, 0.1) is 5.41 Å². The van der Waals surface area contributed by atoms with Crippen LogP contribution in [0.5, 0.6) is 11.5 Å². The van der Waals surface area contributed by atoms with E-state index in [2.05, 4.69) is 25.7 Å². The van der Waals surface area contributed by atoms with Gasteiger partial charge in [0.1, 0.15) is 0 Å². The summed E-state index contributed by atoms with van der Waals surface area (Å²) in [6.07, 6.45) is 1.91. The van der Waals surface area contributed by atoms with E-state index in [0.717, 1.165) is 12.1 Å². The first-order chi connectivity index (χ1) is 7.44. The number of phenols is 2. The fourth-order valence-corrected chi connectivity index (χ4v) is 1.28. The molecule has 0 bridgehead atoms. The lowest BCUT2D eigenvalue weighted by Gasteiger charge is -2.20. The highest BCUT2D eigenvalue weighted by molar-refractivity contribution is 5.40. The van der Waals surface area contributed by atoms with E-state index in [1.54, 1.807) is 12.1 Å². The topological polar surface area (TPSA) is 52.5 Å². The van der Waals surface area contributed by atoms with E-state index < -0.39 is 0 Å². The minimum atomic E-state index is -0.0878. The number of nitrogens with one attached hydrogen (secondary N) is 1. The van der Waals surface area contributed by atoms with Crippen LogP contribution in [-0.2, 0) is 6.54 Å². The molecule has 0 heterocycles. The minimum absolute atomic E-state index is 0.0545. The summed E-state index contributed by atoms with van der Waals surface area (Å²) < 4.78 is 0. The Labute approximate surface area is 96.4 Å². The van der Waals surface area contributed by atoms with E-state index in [1.165, 1.54) is 6.07 Å². The number of benzene rings is 1. The van der Waals surface area contributed by atoms with Gasteiger partial charge in [-0.3, -0.25) is 0 Å². The summed E-state index contributed by atoms with van der Waals surface area (Å²) in [7, 11) is 0. The zero-order valence-corrected chi connectivity index (χ0v) is 9.83. The number of aromatic hydroxyl groups is 2. The molecule has 0 aromatic heterocycles. The third kappa shape index (κ3) is 3.59. The van der Waals surface area contributed by atoms with Gasteiger partial charge in [0.2, 0.25) is 0 Å². The van der Waals surface area contributed by atoms with Crippen LogP contribution in [0.3, 0.4) is 0 Å². The van der Waals surface area contributed by atoms with E-state index in [1.807, 2.05) is 6.08 Å². The van der Waals surface area contributed by atoms with Crippen molar-refractivity contribution in [2.24, 2.45) is 5.41 Å². The Morgan fingerprint density at radius 2 is 2.00 bits per heavy atom.